The van der Waals surface area contributed by atoms with Gasteiger partial charge in [-0.05, 0) is 19.4 Å². The van der Waals surface area contributed by atoms with E-state index in [1.54, 1.807) is 14.8 Å². The Kier molecular flexibility index (Phi) is 6.21. The van der Waals surface area contributed by atoms with Gasteiger partial charge in [0.25, 0.3) is 11.8 Å². The monoisotopic (exact) mass is 374 g/mol. The molecule has 0 saturated carbocycles. The van der Waals surface area contributed by atoms with Gasteiger partial charge < -0.3 is 4.90 Å². The van der Waals surface area contributed by atoms with Crippen molar-refractivity contribution in [1.82, 2.24) is 18.4 Å². The first kappa shape index (κ1) is 18.8. The second-order valence-corrected chi connectivity index (χ2v) is 7.47. The van der Waals surface area contributed by atoms with Crippen LogP contribution >= 0.6 is 12.1 Å². The summed E-state index contributed by atoms with van der Waals surface area (Å²) < 4.78 is 3.28. The second kappa shape index (κ2) is 8.60. The van der Waals surface area contributed by atoms with E-state index >= 15 is 0 Å². The summed E-state index contributed by atoms with van der Waals surface area (Å²) in [4.78, 5) is 29.6. The van der Waals surface area contributed by atoms with E-state index in [4.69, 9.17) is 0 Å². The minimum atomic E-state index is -0.182. The first-order valence-electron chi connectivity index (χ1n) is 9.16. The molecule has 26 heavy (non-hydrogen) atoms. The van der Waals surface area contributed by atoms with Crippen molar-refractivity contribution in [2.75, 3.05) is 39.3 Å². The zero-order chi connectivity index (χ0) is 18.5. The molecule has 6 nitrogen and oxygen atoms in total. The molecular weight excluding hydrogens is 348 g/mol. The normalized spacial score (nSPS) is 19.3. The van der Waals surface area contributed by atoms with E-state index < -0.39 is 0 Å². The summed E-state index contributed by atoms with van der Waals surface area (Å²) >= 11 is 1.22. The fraction of sp³-hybridized carbons (Fsp3) is 0.474. The van der Waals surface area contributed by atoms with E-state index in [0.717, 1.165) is 32.7 Å². The number of amides is 2. The maximum absolute atomic E-state index is 12.6. The second-order valence-electron chi connectivity index (χ2n) is 6.42. The third kappa shape index (κ3) is 4.22. The molecule has 0 unspecified atom stereocenters. The van der Waals surface area contributed by atoms with E-state index in [1.807, 2.05) is 19.9 Å². The molecular formula is C19H26N4O2S. The van der Waals surface area contributed by atoms with Crippen molar-refractivity contribution >= 4 is 23.9 Å². The van der Waals surface area contributed by atoms with Crippen molar-refractivity contribution < 1.29 is 9.59 Å². The lowest BCUT2D eigenvalue weighted by molar-refractivity contribution is -0.130. The quantitative estimate of drug-likeness (QED) is 0.448. The summed E-state index contributed by atoms with van der Waals surface area (Å²) in [5.74, 6) is -0.363. The Morgan fingerprint density at radius 3 is 2.04 bits per heavy atom. The van der Waals surface area contributed by atoms with Crippen LogP contribution in [0.2, 0.25) is 0 Å². The van der Waals surface area contributed by atoms with Gasteiger partial charge in [-0.25, -0.2) is 0 Å². The highest BCUT2D eigenvalue weighted by molar-refractivity contribution is 7.96. The number of carbonyl (C=O) groups excluding carboxylic acids is 2. The number of nitrogens with zero attached hydrogens (tertiary/aromatic N) is 4. The van der Waals surface area contributed by atoms with Crippen LogP contribution in [0.5, 0.6) is 0 Å². The number of carbonyl (C=O) groups is 2. The zero-order valence-corrected chi connectivity index (χ0v) is 16.2. The first-order valence-corrected chi connectivity index (χ1v) is 9.89. The third-order valence-electron chi connectivity index (χ3n) is 4.65. The summed E-state index contributed by atoms with van der Waals surface area (Å²) in [6, 6.07) is 10.4. The van der Waals surface area contributed by atoms with E-state index in [2.05, 4.69) is 34.1 Å². The average Bonchev–Trinajstić information content (AvgIpc) is 2.67. The Labute approximate surface area is 159 Å². The van der Waals surface area contributed by atoms with Crippen molar-refractivity contribution in [1.29, 1.82) is 0 Å². The number of rotatable bonds is 5. The van der Waals surface area contributed by atoms with Crippen LogP contribution in [0.1, 0.15) is 19.4 Å². The Morgan fingerprint density at radius 2 is 1.50 bits per heavy atom. The van der Waals surface area contributed by atoms with Crippen molar-refractivity contribution in [3.05, 3.63) is 47.7 Å². The molecule has 0 aliphatic carbocycles. The van der Waals surface area contributed by atoms with E-state index in [-0.39, 0.29) is 17.4 Å². The molecule has 2 saturated heterocycles. The van der Waals surface area contributed by atoms with Crippen LogP contribution in [0.25, 0.3) is 0 Å². The zero-order valence-electron chi connectivity index (χ0n) is 15.4. The highest BCUT2D eigenvalue weighted by Gasteiger charge is 2.35. The smallest absolute Gasteiger partial charge is 0.272 e. The number of likely N-dealkylation sites (N-methyl/N-ethyl adjacent to an activating group) is 2. The standard InChI is InChI=1S/C19H26N4O2S/c1-3-22-18(24)17(19(25)23(4-2)26-22)15-21-12-10-20(11-13-21)14-16-8-6-5-7-9-16/h5-9,15H,3-4,10-14H2,1-2H3. The number of hydrogen-bond acceptors (Lipinski definition) is 5. The topological polar surface area (TPSA) is 47.1 Å². The van der Waals surface area contributed by atoms with Crippen LogP contribution in [-0.2, 0) is 16.1 Å². The Bertz CT molecular complexity index is 647. The third-order valence-corrected chi connectivity index (χ3v) is 5.90. The van der Waals surface area contributed by atoms with E-state index in [9.17, 15) is 9.59 Å². The number of hydrogen-bond donors (Lipinski definition) is 0. The predicted octanol–water partition coefficient (Wildman–Crippen LogP) is 1.96. The predicted molar refractivity (Wildman–Crippen MR) is 104 cm³/mol. The van der Waals surface area contributed by atoms with Crippen molar-refractivity contribution in [3.63, 3.8) is 0 Å². The summed E-state index contributed by atoms with van der Waals surface area (Å²) in [5, 5.41) is 0. The molecule has 0 atom stereocenters. The summed E-state index contributed by atoms with van der Waals surface area (Å²) in [6.07, 6.45) is 1.77. The highest BCUT2D eigenvalue weighted by atomic mass is 32.2. The minimum Gasteiger partial charge on any atom is -0.374 e. The van der Waals surface area contributed by atoms with Crippen molar-refractivity contribution in [2.45, 2.75) is 20.4 Å². The Morgan fingerprint density at radius 1 is 0.923 bits per heavy atom. The van der Waals surface area contributed by atoms with Gasteiger partial charge in [0.2, 0.25) is 0 Å². The molecule has 2 heterocycles. The molecule has 1 aromatic carbocycles. The van der Waals surface area contributed by atoms with Gasteiger partial charge in [-0.15, -0.1) is 0 Å². The molecule has 7 heteroatoms. The highest BCUT2D eigenvalue weighted by Crippen LogP contribution is 2.27. The maximum atomic E-state index is 12.6. The number of benzene rings is 1. The van der Waals surface area contributed by atoms with E-state index in [1.165, 1.54) is 17.7 Å². The lowest BCUT2D eigenvalue weighted by Gasteiger charge is -2.36. The fourth-order valence-electron chi connectivity index (χ4n) is 3.14. The van der Waals surface area contributed by atoms with Gasteiger partial charge in [0.05, 0.1) is 12.1 Å². The van der Waals surface area contributed by atoms with Gasteiger partial charge in [0.1, 0.15) is 5.57 Å². The molecule has 0 bridgehead atoms. The van der Waals surface area contributed by atoms with Gasteiger partial charge in [0, 0.05) is 52.0 Å². The van der Waals surface area contributed by atoms with Gasteiger partial charge >= 0.3 is 0 Å². The van der Waals surface area contributed by atoms with Gasteiger partial charge in [-0.3, -0.25) is 23.1 Å². The first-order chi connectivity index (χ1) is 12.6. The molecule has 2 amide bonds. The Hall–Kier alpha value is -1.99. The summed E-state index contributed by atoms with van der Waals surface area (Å²) in [7, 11) is 0. The Balaban J connectivity index is 1.63. The van der Waals surface area contributed by atoms with Gasteiger partial charge in [-0.1, -0.05) is 30.3 Å². The largest absolute Gasteiger partial charge is 0.374 e. The number of piperazine rings is 1. The lowest BCUT2D eigenvalue weighted by Crippen LogP contribution is -2.47. The molecule has 140 valence electrons. The maximum Gasteiger partial charge on any atom is 0.272 e. The molecule has 0 N–H and O–H groups in total. The molecule has 0 aromatic heterocycles. The molecule has 0 spiro atoms. The van der Waals surface area contributed by atoms with Crippen LogP contribution in [0, 0.1) is 0 Å². The lowest BCUT2D eigenvalue weighted by atomic mass is 10.2. The molecule has 2 aliphatic heterocycles. The van der Waals surface area contributed by atoms with Crippen LogP contribution in [0.4, 0.5) is 0 Å². The van der Waals surface area contributed by atoms with Crippen LogP contribution in [0.3, 0.4) is 0 Å². The van der Waals surface area contributed by atoms with Gasteiger partial charge in [-0.2, -0.15) is 0 Å². The fourth-order valence-corrected chi connectivity index (χ4v) is 3.96. The van der Waals surface area contributed by atoms with Crippen molar-refractivity contribution in [3.8, 4) is 0 Å². The summed E-state index contributed by atoms with van der Waals surface area (Å²) in [5.41, 5.74) is 1.59. The van der Waals surface area contributed by atoms with Crippen LogP contribution in [0.15, 0.2) is 42.1 Å². The minimum absolute atomic E-state index is 0.182. The van der Waals surface area contributed by atoms with Crippen LogP contribution < -0.4 is 0 Å². The summed E-state index contributed by atoms with van der Waals surface area (Å²) in [6.45, 7) is 9.43. The molecule has 0 radical (unpaired) electrons. The average molecular weight is 375 g/mol. The van der Waals surface area contributed by atoms with E-state index in [0.29, 0.717) is 13.1 Å². The molecule has 2 aliphatic rings. The van der Waals surface area contributed by atoms with Crippen LogP contribution in [-0.4, -0.2) is 69.5 Å². The van der Waals surface area contributed by atoms with Gasteiger partial charge in [0.15, 0.2) is 0 Å². The SMILES string of the molecule is CCN1SN(CC)C(=O)C(=CN2CCN(Cc3ccccc3)CC2)C1=O. The van der Waals surface area contributed by atoms with Crippen molar-refractivity contribution in [2.24, 2.45) is 0 Å². The molecule has 3 rings (SSSR count). The molecule has 1 aromatic rings. The molecule has 2 fully saturated rings.